The maximum atomic E-state index is 13.4. The third-order valence-corrected chi connectivity index (χ3v) is 5.63. The number of ether oxygens (including phenoxy) is 2. The average molecular weight is 400 g/mol. The molecule has 0 fully saturated rings. The normalized spacial score (nSPS) is 18.6. The molecule has 2 heterocycles. The summed E-state index contributed by atoms with van der Waals surface area (Å²) in [6.07, 6.45) is 0.468. The highest BCUT2D eigenvalue weighted by molar-refractivity contribution is 6.09. The van der Waals surface area contributed by atoms with E-state index in [0.29, 0.717) is 17.9 Å². The van der Waals surface area contributed by atoms with Crippen LogP contribution in [0.4, 0.5) is 11.4 Å². The van der Waals surface area contributed by atoms with Gasteiger partial charge in [0.15, 0.2) is 11.5 Å². The fraction of sp³-hybridized carbons (Fsp3) is 0.167. The Labute approximate surface area is 173 Å². The van der Waals surface area contributed by atoms with Crippen LogP contribution in [0.2, 0.25) is 0 Å². The van der Waals surface area contributed by atoms with Crippen molar-refractivity contribution in [3.8, 4) is 11.5 Å². The minimum atomic E-state index is -0.896. The van der Waals surface area contributed by atoms with Crippen LogP contribution in [0.1, 0.15) is 23.6 Å². The number of nitrogens with one attached hydrogen (secondary N) is 2. The van der Waals surface area contributed by atoms with Crippen LogP contribution in [0.3, 0.4) is 0 Å². The molecule has 1 atom stereocenters. The fourth-order valence-corrected chi connectivity index (χ4v) is 4.26. The van der Waals surface area contributed by atoms with Crippen molar-refractivity contribution in [1.29, 1.82) is 0 Å². The standard InChI is InChI=1S/C24H20N2O4/c1-15(27)25-18-9-6-16(7-10-18)13-24(17-8-11-21-22(12-17)30-14-29-21)19-4-2-3-5-20(19)26-23(24)28/h2-12H,13-14H2,1H3,(H,25,27)(H,26,28). The van der Waals surface area contributed by atoms with Crippen molar-refractivity contribution in [2.45, 2.75) is 18.8 Å². The molecule has 6 nitrogen and oxygen atoms in total. The van der Waals surface area contributed by atoms with Crippen molar-refractivity contribution in [1.82, 2.24) is 0 Å². The number of fused-ring (bicyclic) bond motifs is 2. The molecule has 6 heteroatoms. The van der Waals surface area contributed by atoms with Gasteiger partial charge in [0.2, 0.25) is 18.6 Å². The number of amides is 2. The van der Waals surface area contributed by atoms with Gasteiger partial charge in [0, 0.05) is 18.3 Å². The van der Waals surface area contributed by atoms with Crippen molar-refractivity contribution >= 4 is 23.2 Å². The highest BCUT2D eigenvalue weighted by atomic mass is 16.7. The Morgan fingerprint density at radius 2 is 1.80 bits per heavy atom. The quantitative estimate of drug-likeness (QED) is 0.697. The molecule has 0 radical (unpaired) electrons. The van der Waals surface area contributed by atoms with Crippen LogP contribution >= 0.6 is 0 Å². The lowest BCUT2D eigenvalue weighted by Gasteiger charge is -2.29. The van der Waals surface area contributed by atoms with E-state index in [0.717, 1.165) is 28.1 Å². The van der Waals surface area contributed by atoms with Gasteiger partial charge >= 0.3 is 0 Å². The monoisotopic (exact) mass is 400 g/mol. The Morgan fingerprint density at radius 1 is 1.03 bits per heavy atom. The number of carbonyl (C=O) groups is 2. The predicted molar refractivity (Wildman–Crippen MR) is 113 cm³/mol. The summed E-state index contributed by atoms with van der Waals surface area (Å²) in [6, 6.07) is 21.0. The Balaban J connectivity index is 1.61. The van der Waals surface area contributed by atoms with Crippen LogP contribution in [0.15, 0.2) is 66.7 Å². The number of carbonyl (C=O) groups excluding carboxylic acids is 2. The zero-order valence-corrected chi connectivity index (χ0v) is 16.4. The third-order valence-electron chi connectivity index (χ3n) is 5.63. The van der Waals surface area contributed by atoms with Crippen molar-refractivity contribution in [2.75, 3.05) is 17.4 Å². The first-order valence-electron chi connectivity index (χ1n) is 9.74. The van der Waals surface area contributed by atoms with Gasteiger partial charge in [-0.15, -0.1) is 0 Å². The molecule has 0 spiro atoms. The molecular formula is C24H20N2O4. The van der Waals surface area contributed by atoms with Gasteiger partial charge in [0.25, 0.3) is 0 Å². The van der Waals surface area contributed by atoms with Crippen LogP contribution < -0.4 is 20.1 Å². The molecule has 2 aliphatic rings. The van der Waals surface area contributed by atoms with Gasteiger partial charge in [-0.3, -0.25) is 9.59 Å². The highest BCUT2D eigenvalue weighted by Crippen LogP contribution is 2.47. The Bertz CT molecular complexity index is 1160. The minimum Gasteiger partial charge on any atom is -0.454 e. The maximum absolute atomic E-state index is 13.4. The maximum Gasteiger partial charge on any atom is 0.239 e. The number of rotatable bonds is 4. The van der Waals surface area contributed by atoms with E-state index in [1.54, 1.807) is 0 Å². The molecule has 2 N–H and O–H groups in total. The van der Waals surface area contributed by atoms with Gasteiger partial charge in [-0.2, -0.15) is 0 Å². The Kier molecular flexibility index (Phi) is 4.20. The molecular weight excluding hydrogens is 380 g/mol. The molecule has 0 aliphatic carbocycles. The summed E-state index contributed by atoms with van der Waals surface area (Å²) in [5.41, 5.74) is 3.40. The first-order valence-corrected chi connectivity index (χ1v) is 9.74. The lowest BCUT2D eigenvalue weighted by Crippen LogP contribution is -2.38. The van der Waals surface area contributed by atoms with E-state index in [1.807, 2.05) is 66.7 Å². The molecule has 5 rings (SSSR count). The average Bonchev–Trinajstić information content (AvgIpc) is 3.31. The molecule has 0 aromatic heterocycles. The van der Waals surface area contributed by atoms with Gasteiger partial charge in [-0.05, 0) is 53.4 Å². The zero-order chi connectivity index (χ0) is 20.7. The Hall–Kier alpha value is -3.80. The second kappa shape index (κ2) is 6.91. The summed E-state index contributed by atoms with van der Waals surface area (Å²) in [7, 11) is 0. The Morgan fingerprint density at radius 3 is 2.60 bits per heavy atom. The number of hydrogen-bond donors (Lipinski definition) is 2. The largest absolute Gasteiger partial charge is 0.454 e. The van der Waals surface area contributed by atoms with Crippen LogP contribution in [0.25, 0.3) is 0 Å². The molecule has 0 saturated carbocycles. The topological polar surface area (TPSA) is 76.7 Å². The number of hydrogen-bond acceptors (Lipinski definition) is 4. The highest BCUT2D eigenvalue weighted by Gasteiger charge is 2.48. The van der Waals surface area contributed by atoms with E-state index in [2.05, 4.69) is 10.6 Å². The summed E-state index contributed by atoms with van der Waals surface area (Å²) in [5, 5.41) is 5.82. The van der Waals surface area contributed by atoms with Crippen molar-refractivity contribution in [2.24, 2.45) is 0 Å². The smallest absolute Gasteiger partial charge is 0.239 e. The van der Waals surface area contributed by atoms with Gasteiger partial charge in [0.05, 0.1) is 0 Å². The van der Waals surface area contributed by atoms with Gasteiger partial charge < -0.3 is 20.1 Å². The lowest BCUT2D eigenvalue weighted by atomic mass is 9.71. The van der Waals surface area contributed by atoms with E-state index in [1.165, 1.54) is 6.92 Å². The van der Waals surface area contributed by atoms with E-state index < -0.39 is 5.41 Å². The molecule has 0 bridgehead atoms. The lowest BCUT2D eigenvalue weighted by molar-refractivity contribution is -0.119. The predicted octanol–water partition coefficient (Wildman–Crippen LogP) is 3.85. The summed E-state index contributed by atoms with van der Waals surface area (Å²) in [6.45, 7) is 1.65. The number of anilines is 2. The van der Waals surface area contributed by atoms with E-state index in [4.69, 9.17) is 9.47 Å². The second-order valence-electron chi connectivity index (χ2n) is 7.53. The number of para-hydroxylation sites is 1. The molecule has 0 saturated heterocycles. The van der Waals surface area contributed by atoms with Crippen LogP contribution in [-0.4, -0.2) is 18.6 Å². The van der Waals surface area contributed by atoms with E-state index in [-0.39, 0.29) is 18.6 Å². The SMILES string of the molecule is CC(=O)Nc1ccc(CC2(c3ccc4c(c3)OCO4)C(=O)Nc3ccccc32)cc1. The first kappa shape index (κ1) is 18.2. The molecule has 3 aromatic rings. The summed E-state index contributed by atoms with van der Waals surface area (Å²) in [4.78, 5) is 24.7. The molecule has 2 amide bonds. The first-order chi connectivity index (χ1) is 14.6. The van der Waals surface area contributed by atoms with Crippen molar-refractivity contribution < 1.29 is 19.1 Å². The van der Waals surface area contributed by atoms with Gasteiger partial charge in [-0.1, -0.05) is 36.4 Å². The van der Waals surface area contributed by atoms with Crippen LogP contribution in [0, 0.1) is 0 Å². The summed E-state index contributed by atoms with van der Waals surface area (Å²) >= 11 is 0. The van der Waals surface area contributed by atoms with E-state index >= 15 is 0 Å². The molecule has 30 heavy (non-hydrogen) atoms. The van der Waals surface area contributed by atoms with Crippen molar-refractivity contribution in [3.63, 3.8) is 0 Å². The molecule has 1 unspecified atom stereocenters. The zero-order valence-electron chi connectivity index (χ0n) is 16.4. The van der Waals surface area contributed by atoms with Gasteiger partial charge in [0.1, 0.15) is 5.41 Å². The van der Waals surface area contributed by atoms with Crippen LogP contribution in [-0.2, 0) is 21.4 Å². The molecule has 3 aromatic carbocycles. The van der Waals surface area contributed by atoms with Gasteiger partial charge in [-0.25, -0.2) is 0 Å². The molecule has 2 aliphatic heterocycles. The van der Waals surface area contributed by atoms with Crippen molar-refractivity contribution in [3.05, 3.63) is 83.4 Å². The summed E-state index contributed by atoms with van der Waals surface area (Å²) in [5.74, 6) is 1.13. The molecule has 150 valence electrons. The third kappa shape index (κ3) is 2.88. The summed E-state index contributed by atoms with van der Waals surface area (Å²) < 4.78 is 11.0. The minimum absolute atomic E-state index is 0.0755. The van der Waals surface area contributed by atoms with E-state index in [9.17, 15) is 9.59 Å². The second-order valence-corrected chi connectivity index (χ2v) is 7.53. The fourth-order valence-electron chi connectivity index (χ4n) is 4.26. The number of benzene rings is 3. The van der Waals surface area contributed by atoms with Crippen LogP contribution in [0.5, 0.6) is 11.5 Å².